The van der Waals surface area contributed by atoms with E-state index in [1.807, 2.05) is 0 Å². The zero-order valence-electron chi connectivity index (χ0n) is 7.25. The van der Waals surface area contributed by atoms with Gasteiger partial charge in [-0.3, -0.25) is 0 Å². The molecule has 1 saturated heterocycles. The van der Waals surface area contributed by atoms with Gasteiger partial charge in [0.1, 0.15) is 0 Å². The molecule has 1 aliphatic heterocycles. The molecule has 1 unspecified atom stereocenters. The summed E-state index contributed by atoms with van der Waals surface area (Å²) in [4.78, 5) is 10.4. The van der Waals surface area contributed by atoms with Gasteiger partial charge < -0.3 is 9.84 Å². The number of rotatable bonds is 3. The molecule has 0 saturated carbocycles. The first-order valence-corrected chi connectivity index (χ1v) is 4.22. The predicted octanol–water partition coefficient (Wildman–Crippen LogP) is 1.59. The molecule has 1 atom stereocenters. The van der Waals surface area contributed by atoms with Crippen molar-refractivity contribution in [3.63, 3.8) is 0 Å². The van der Waals surface area contributed by atoms with Crippen molar-refractivity contribution in [3.05, 3.63) is 11.6 Å². The first-order valence-electron chi connectivity index (χ1n) is 4.22. The van der Waals surface area contributed by atoms with E-state index in [9.17, 15) is 4.79 Å². The fourth-order valence-corrected chi connectivity index (χ4v) is 1.23. The molecule has 0 radical (unpaired) electrons. The molecule has 0 aromatic rings. The molecule has 0 aromatic heterocycles. The van der Waals surface area contributed by atoms with Gasteiger partial charge in [-0.05, 0) is 26.2 Å². The summed E-state index contributed by atoms with van der Waals surface area (Å²) in [5.74, 6) is -0.840. The van der Waals surface area contributed by atoms with Gasteiger partial charge in [0, 0.05) is 12.2 Å². The smallest absolute Gasteiger partial charge is 0.330 e. The Morgan fingerprint density at radius 2 is 2.50 bits per heavy atom. The maximum Gasteiger partial charge on any atom is 0.330 e. The van der Waals surface area contributed by atoms with Crippen LogP contribution in [0.15, 0.2) is 11.6 Å². The van der Waals surface area contributed by atoms with E-state index in [0.29, 0.717) is 5.57 Å². The lowest BCUT2D eigenvalue weighted by Gasteiger charge is -2.04. The van der Waals surface area contributed by atoms with Crippen LogP contribution < -0.4 is 0 Å². The van der Waals surface area contributed by atoms with Crippen LogP contribution in [0.4, 0.5) is 0 Å². The van der Waals surface area contributed by atoms with Crippen LogP contribution in [0.5, 0.6) is 0 Å². The number of carboxylic acid groups (broad SMARTS) is 1. The minimum absolute atomic E-state index is 0.249. The summed E-state index contributed by atoms with van der Waals surface area (Å²) >= 11 is 0. The maximum absolute atomic E-state index is 10.4. The number of ether oxygens (including phenoxy) is 1. The molecule has 68 valence electrons. The Labute approximate surface area is 72.0 Å². The molecule has 3 nitrogen and oxygen atoms in total. The fourth-order valence-electron chi connectivity index (χ4n) is 1.23. The molecule has 0 aliphatic carbocycles. The van der Waals surface area contributed by atoms with Crippen molar-refractivity contribution in [2.24, 2.45) is 0 Å². The number of carboxylic acids is 1. The monoisotopic (exact) mass is 170 g/mol. The SMILES string of the molecule is CC(=CCC1CCCO1)C(=O)O. The zero-order chi connectivity index (χ0) is 8.97. The van der Waals surface area contributed by atoms with E-state index in [0.717, 1.165) is 25.9 Å². The molecule has 3 heteroatoms. The van der Waals surface area contributed by atoms with Crippen molar-refractivity contribution in [3.8, 4) is 0 Å². The van der Waals surface area contributed by atoms with Crippen LogP contribution in [0.25, 0.3) is 0 Å². The Morgan fingerprint density at radius 1 is 1.75 bits per heavy atom. The summed E-state index contributed by atoms with van der Waals surface area (Å²) in [6.07, 6.45) is 4.88. The highest BCUT2D eigenvalue weighted by Crippen LogP contribution is 2.16. The Kier molecular flexibility index (Phi) is 3.29. The quantitative estimate of drug-likeness (QED) is 0.654. The largest absolute Gasteiger partial charge is 0.478 e. The minimum atomic E-state index is -0.840. The first kappa shape index (κ1) is 9.26. The Hall–Kier alpha value is -0.830. The predicted molar refractivity (Wildman–Crippen MR) is 45.0 cm³/mol. The van der Waals surface area contributed by atoms with Crippen LogP contribution in [-0.2, 0) is 9.53 Å². The lowest BCUT2D eigenvalue weighted by Crippen LogP contribution is -2.04. The number of aliphatic carboxylic acids is 1. The average molecular weight is 170 g/mol. The van der Waals surface area contributed by atoms with Gasteiger partial charge in [0.15, 0.2) is 0 Å². The number of hydrogen-bond donors (Lipinski definition) is 1. The molecular weight excluding hydrogens is 156 g/mol. The highest BCUT2D eigenvalue weighted by molar-refractivity contribution is 5.85. The molecule has 1 aliphatic rings. The summed E-state index contributed by atoms with van der Waals surface area (Å²) in [6.45, 7) is 2.43. The highest BCUT2D eigenvalue weighted by Gasteiger charge is 2.14. The van der Waals surface area contributed by atoms with Crippen molar-refractivity contribution in [1.29, 1.82) is 0 Å². The van der Waals surface area contributed by atoms with Crippen LogP contribution in [-0.4, -0.2) is 23.8 Å². The van der Waals surface area contributed by atoms with E-state index in [2.05, 4.69) is 0 Å². The van der Waals surface area contributed by atoms with Crippen molar-refractivity contribution in [1.82, 2.24) is 0 Å². The lowest BCUT2D eigenvalue weighted by atomic mass is 10.1. The summed E-state index contributed by atoms with van der Waals surface area (Å²) in [7, 11) is 0. The molecular formula is C9H14O3. The summed E-state index contributed by atoms with van der Waals surface area (Å²) < 4.78 is 5.35. The Morgan fingerprint density at radius 3 is 3.00 bits per heavy atom. The molecule has 12 heavy (non-hydrogen) atoms. The average Bonchev–Trinajstić information content (AvgIpc) is 2.51. The van der Waals surface area contributed by atoms with Crippen molar-refractivity contribution in [2.45, 2.75) is 32.3 Å². The van der Waals surface area contributed by atoms with Gasteiger partial charge in [-0.25, -0.2) is 4.79 Å². The lowest BCUT2D eigenvalue weighted by molar-refractivity contribution is -0.132. The second kappa shape index (κ2) is 4.26. The van der Waals surface area contributed by atoms with Crippen molar-refractivity contribution in [2.75, 3.05) is 6.61 Å². The fraction of sp³-hybridized carbons (Fsp3) is 0.667. The molecule has 1 heterocycles. The van der Waals surface area contributed by atoms with Crippen LogP contribution in [0.1, 0.15) is 26.2 Å². The van der Waals surface area contributed by atoms with Crippen molar-refractivity contribution < 1.29 is 14.6 Å². The van der Waals surface area contributed by atoms with Gasteiger partial charge in [-0.15, -0.1) is 0 Å². The second-order valence-electron chi connectivity index (χ2n) is 3.06. The van der Waals surface area contributed by atoms with Crippen molar-refractivity contribution >= 4 is 5.97 Å². The number of hydrogen-bond acceptors (Lipinski definition) is 2. The molecule has 1 fully saturated rings. The third-order valence-corrected chi connectivity index (χ3v) is 2.05. The van der Waals surface area contributed by atoms with Gasteiger partial charge in [0.2, 0.25) is 0 Å². The summed E-state index contributed by atoms with van der Waals surface area (Å²) in [5.41, 5.74) is 0.408. The van der Waals surface area contributed by atoms with E-state index in [-0.39, 0.29) is 6.10 Å². The zero-order valence-corrected chi connectivity index (χ0v) is 7.25. The minimum Gasteiger partial charge on any atom is -0.478 e. The van der Waals surface area contributed by atoms with Crippen LogP contribution >= 0.6 is 0 Å². The highest BCUT2D eigenvalue weighted by atomic mass is 16.5. The summed E-state index contributed by atoms with van der Waals surface area (Å²) in [5, 5.41) is 8.55. The van der Waals surface area contributed by atoms with Gasteiger partial charge in [0.25, 0.3) is 0 Å². The summed E-state index contributed by atoms with van der Waals surface area (Å²) in [6, 6.07) is 0. The third kappa shape index (κ3) is 2.66. The molecule has 0 bridgehead atoms. The third-order valence-electron chi connectivity index (χ3n) is 2.05. The van der Waals surface area contributed by atoms with Gasteiger partial charge >= 0.3 is 5.97 Å². The van der Waals surface area contributed by atoms with Gasteiger partial charge in [0.05, 0.1) is 6.10 Å². The Bertz CT molecular complexity index is 190. The molecule has 0 amide bonds. The topological polar surface area (TPSA) is 46.5 Å². The van der Waals surface area contributed by atoms with E-state index in [1.165, 1.54) is 0 Å². The second-order valence-corrected chi connectivity index (χ2v) is 3.06. The van der Waals surface area contributed by atoms with Crippen LogP contribution in [0, 0.1) is 0 Å². The van der Waals surface area contributed by atoms with Crippen LogP contribution in [0.2, 0.25) is 0 Å². The Balaban J connectivity index is 2.31. The van der Waals surface area contributed by atoms with E-state index >= 15 is 0 Å². The number of carbonyl (C=O) groups is 1. The van der Waals surface area contributed by atoms with E-state index in [4.69, 9.17) is 9.84 Å². The van der Waals surface area contributed by atoms with Gasteiger partial charge in [-0.1, -0.05) is 6.08 Å². The van der Waals surface area contributed by atoms with Crippen LogP contribution in [0.3, 0.4) is 0 Å². The normalized spacial score (nSPS) is 24.4. The van der Waals surface area contributed by atoms with E-state index in [1.54, 1.807) is 13.0 Å². The maximum atomic E-state index is 10.4. The molecule has 1 rings (SSSR count). The first-order chi connectivity index (χ1) is 5.70. The van der Waals surface area contributed by atoms with Gasteiger partial charge in [-0.2, -0.15) is 0 Å². The van der Waals surface area contributed by atoms with E-state index < -0.39 is 5.97 Å². The molecule has 0 spiro atoms. The molecule has 1 N–H and O–H groups in total. The standard InChI is InChI=1S/C9H14O3/c1-7(9(10)11)4-5-8-3-2-6-12-8/h4,8H,2-3,5-6H2,1H3,(H,10,11). The molecule has 0 aromatic carbocycles.